The number of nitrogens with zero attached hydrogens (tertiary/aromatic N) is 1. The van der Waals surface area contributed by atoms with E-state index in [-0.39, 0.29) is 28.9 Å². The maximum atomic E-state index is 13.4. The molecule has 0 aromatic heterocycles. The van der Waals surface area contributed by atoms with Crippen LogP contribution >= 0.6 is 0 Å². The number of fused-ring (bicyclic) bond motifs is 1. The van der Waals surface area contributed by atoms with Gasteiger partial charge in [-0.3, -0.25) is 0 Å². The summed E-state index contributed by atoms with van der Waals surface area (Å²) in [5.74, 6) is 0. The fourth-order valence-corrected chi connectivity index (χ4v) is 4.45. The average molecular weight is 353 g/mol. The van der Waals surface area contributed by atoms with Crippen LogP contribution in [0.3, 0.4) is 0 Å². The first-order chi connectivity index (χ1) is 12.7. The van der Waals surface area contributed by atoms with Crippen LogP contribution in [0, 0.1) is 5.21 Å². The van der Waals surface area contributed by atoms with Gasteiger partial charge in [-0.15, -0.1) is 0 Å². The number of rotatable bonds is 6. The molecule has 138 valence electrons. The summed E-state index contributed by atoms with van der Waals surface area (Å²) in [5, 5.41) is 13.4. The third-order valence-corrected chi connectivity index (χ3v) is 5.99. The predicted octanol–water partition coefficient (Wildman–Crippen LogP) is 4.04. The SMILES string of the molecule is C[C@@H]1CC[C@H]2[C@H](OCc3ccccc3)[C@@H](OCc3ccccc3)C[N@@+]12[O-]. The Morgan fingerprint density at radius 1 is 0.885 bits per heavy atom. The molecule has 4 rings (SSSR count). The fourth-order valence-electron chi connectivity index (χ4n) is 4.45. The molecule has 26 heavy (non-hydrogen) atoms. The first-order valence-electron chi connectivity index (χ1n) is 9.56. The van der Waals surface area contributed by atoms with Gasteiger partial charge >= 0.3 is 0 Å². The Morgan fingerprint density at radius 2 is 1.46 bits per heavy atom. The molecule has 2 aromatic rings. The molecular weight excluding hydrogens is 326 g/mol. The number of hydrogen-bond acceptors (Lipinski definition) is 3. The van der Waals surface area contributed by atoms with Gasteiger partial charge in [-0.25, -0.2) is 0 Å². The Balaban J connectivity index is 1.47. The lowest BCUT2D eigenvalue weighted by molar-refractivity contribution is -0.904. The first-order valence-corrected chi connectivity index (χ1v) is 9.56. The number of benzene rings is 2. The van der Waals surface area contributed by atoms with Gasteiger partial charge in [-0.05, 0) is 18.1 Å². The zero-order chi connectivity index (χ0) is 18.0. The molecule has 2 saturated heterocycles. The summed E-state index contributed by atoms with van der Waals surface area (Å²) in [6, 6.07) is 20.4. The summed E-state index contributed by atoms with van der Waals surface area (Å²) in [4.78, 5) is 0. The van der Waals surface area contributed by atoms with Gasteiger partial charge in [-0.2, -0.15) is 0 Å². The van der Waals surface area contributed by atoms with E-state index < -0.39 is 0 Å². The van der Waals surface area contributed by atoms with Crippen LogP contribution in [0.1, 0.15) is 30.9 Å². The van der Waals surface area contributed by atoms with Gasteiger partial charge in [0, 0.05) is 12.8 Å². The minimum absolute atomic E-state index is 0.00511. The molecule has 4 nitrogen and oxygen atoms in total. The van der Waals surface area contributed by atoms with E-state index in [4.69, 9.17) is 9.47 Å². The Kier molecular flexibility index (Phi) is 5.09. The topological polar surface area (TPSA) is 41.5 Å². The van der Waals surface area contributed by atoms with Crippen molar-refractivity contribution in [2.45, 2.75) is 57.3 Å². The molecule has 2 aromatic carbocycles. The number of ether oxygens (including phenoxy) is 2. The summed E-state index contributed by atoms with van der Waals surface area (Å²) in [6.07, 6.45) is 1.62. The van der Waals surface area contributed by atoms with Crippen LogP contribution in [0.25, 0.3) is 0 Å². The van der Waals surface area contributed by atoms with E-state index in [0.717, 1.165) is 24.0 Å². The highest BCUT2D eigenvalue weighted by Gasteiger charge is 2.56. The van der Waals surface area contributed by atoms with E-state index in [1.165, 1.54) is 0 Å². The molecule has 2 aliphatic rings. The minimum Gasteiger partial charge on any atom is -0.632 e. The van der Waals surface area contributed by atoms with Crippen molar-refractivity contribution in [3.63, 3.8) is 0 Å². The Labute approximate surface area is 155 Å². The van der Waals surface area contributed by atoms with Crippen molar-refractivity contribution in [3.05, 3.63) is 77.0 Å². The third-order valence-electron chi connectivity index (χ3n) is 5.99. The van der Waals surface area contributed by atoms with E-state index in [9.17, 15) is 5.21 Å². The Bertz CT molecular complexity index is 708. The number of quaternary nitrogens is 1. The highest BCUT2D eigenvalue weighted by atomic mass is 16.6. The van der Waals surface area contributed by atoms with Crippen molar-refractivity contribution in [1.29, 1.82) is 0 Å². The minimum atomic E-state index is -0.154. The molecule has 0 amide bonds. The highest BCUT2D eigenvalue weighted by Crippen LogP contribution is 2.42. The Hall–Kier alpha value is -1.72. The second-order valence-corrected chi connectivity index (χ2v) is 7.63. The van der Waals surface area contributed by atoms with Crippen molar-refractivity contribution in [1.82, 2.24) is 0 Å². The van der Waals surface area contributed by atoms with Gasteiger partial charge in [0.1, 0.15) is 24.8 Å². The molecule has 2 heterocycles. The lowest BCUT2D eigenvalue weighted by atomic mass is 10.1. The van der Waals surface area contributed by atoms with Gasteiger partial charge < -0.3 is 19.3 Å². The quantitative estimate of drug-likeness (QED) is 0.581. The molecule has 0 N–H and O–H groups in total. The molecule has 4 heteroatoms. The van der Waals surface area contributed by atoms with Crippen LogP contribution in [0.2, 0.25) is 0 Å². The van der Waals surface area contributed by atoms with Crippen molar-refractivity contribution >= 4 is 0 Å². The monoisotopic (exact) mass is 353 g/mol. The lowest BCUT2D eigenvalue weighted by Gasteiger charge is -2.43. The van der Waals surface area contributed by atoms with Crippen LogP contribution in [0.4, 0.5) is 0 Å². The number of hydrogen-bond donors (Lipinski definition) is 0. The summed E-state index contributed by atoms with van der Waals surface area (Å²) in [5.41, 5.74) is 2.27. The van der Waals surface area contributed by atoms with Crippen LogP contribution in [0.15, 0.2) is 60.7 Å². The molecule has 2 aliphatic heterocycles. The van der Waals surface area contributed by atoms with Crippen molar-refractivity contribution in [2.75, 3.05) is 6.54 Å². The maximum Gasteiger partial charge on any atom is 0.141 e. The smallest absolute Gasteiger partial charge is 0.141 e. The Morgan fingerprint density at radius 3 is 2.08 bits per heavy atom. The molecular formula is C22H27NO3. The second-order valence-electron chi connectivity index (χ2n) is 7.63. The summed E-state index contributed by atoms with van der Waals surface area (Å²) in [6.45, 7) is 3.62. The molecule has 0 unspecified atom stereocenters. The van der Waals surface area contributed by atoms with Crippen molar-refractivity contribution in [3.8, 4) is 0 Å². The van der Waals surface area contributed by atoms with Crippen molar-refractivity contribution < 1.29 is 14.1 Å². The molecule has 0 spiro atoms. The first kappa shape index (κ1) is 17.7. The molecule has 0 aliphatic carbocycles. The van der Waals surface area contributed by atoms with Gasteiger partial charge in [0.2, 0.25) is 0 Å². The van der Waals surface area contributed by atoms with Crippen LogP contribution in [-0.4, -0.2) is 35.5 Å². The predicted molar refractivity (Wildman–Crippen MR) is 101 cm³/mol. The van der Waals surface area contributed by atoms with Gasteiger partial charge in [0.15, 0.2) is 0 Å². The molecule has 2 fully saturated rings. The average Bonchev–Trinajstić information content (AvgIpc) is 3.12. The second kappa shape index (κ2) is 7.49. The number of hydroxylamine groups is 3. The van der Waals surface area contributed by atoms with E-state index in [0.29, 0.717) is 19.8 Å². The van der Waals surface area contributed by atoms with Crippen molar-refractivity contribution in [2.24, 2.45) is 0 Å². The molecule has 5 atom stereocenters. The largest absolute Gasteiger partial charge is 0.632 e. The van der Waals surface area contributed by atoms with Crippen LogP contribution in [-0.2, 0) is 22.7 Å². The molecule has 0 bridgehead atoms. The summed E-state index contributed by atoms with van der Waals surface area (Å²) in [7, 11) is 0. The lowest BCUT2D eigenvalue weighted by Crippen LogP contribution is -2.49. The van der Waals surface area contributed by atoms with Gasteiger partial charge in [0.25, 0.3) is 0 Å². The highest BCUT2D eigenvalue weighted by molar-refractivity contribution is 5.14. The van der Waals surface area contributed by atoms with E-state index in [1.807, 2.05) is 36.4 Å². The fraction of sp³-hybridized carbons (Fsp3) is 0.455. The maximum absolute atomic E-state index is 13.4. The zero-order valence-electron chi connectivity index (χ0n) is 15.3. The van der Waals surface area contributed by atoms with Crippen LogP contribution < -0.4 is 0 Å². The van der Waals surface area contributed by atoms with Crippen LogP contribution in [0.5, 0.6) is 0 Å². The standard InChI is InChI=1S/C22H27NO3/c1-17-12-13-20-22(26-16-19-10-6-3-7-11-19)21(14-23(17,20)24)25-15-18-8-4-2-5-9-18/h2-11,17,20-22H,12-16H2,1H3/t17-,20+,21+,22+,23-/m1/s1. The van der Waals surface area contributed by atoms with E-state index in [2.05, 4.69) is 31.2 Å². The zero-order valence-corrected chi connectivity index (χ0v) is 15.3. The molecule has 0 radical (unpaired) electrons. The van der Waals surface area contributed by atoms with Gasteiger partial charge in [0.05, 0.1) is 19.3 Å². The molecule has 0 saturated carbocycles. The summed E-state index contributed by atoms with van der Waals surface area (Å²) < 4.78 is 12.3. The third kappa shape index (κ3) is 3.42. The van der Waals surface area contributed by atoms with E-state index >= 15 is 0 Å². The van der Waals surface area contributed by atoms with Gasteiger partial charge in [-0.1, -0.05) is 60.7 Å². The van der Waals surface area contributed by atoms with E-state index in [1.54, 1.807) is 0 Å². The summed E-state index contributed by atoms with van der Waals surface area (Å²) >= 11 is 0. The normalized spacial score (nSPS) is 33.3.